The van der Waals surface area contributed by atoms with Gasteiger partial charge in [0.05, 0.1) is 15.9 Å². The van der Waals surface area contributed by atoms with E-state index in [9.17, 15) is 0 Å². The second-order valence-electron chi connectivity index (χ2n) is 3.32. The minimum Gasteiger partial charge on any atom is -0.367 e. The molecule has 0 atom stereocenters. The van der Waals surface area contributed by atoms with E-state index in [0.717, 1.165) is 16.7 Å². The van der Waals surface area contributed by atoms with Crippen molar-refractivity contribution < 1.29 is 0 Å². The molecule has 1 aromatic carbocycles. The van der Waals surface area contributed by atoms with E-state index in [1.165, 1.54) is 0 Å². The van der Waals surface area contributed by atoms with Gasteiger partial charge in [-0.05, 0) is 12.1 Å². The van der Waals surface area contributed by atoms with E-state index in [2.05, 4.69) is 10.4 Å². The maximum Gasteiger partial charge on any atom is 0.157 e. The van der Waals surface area contributed by atoms with E-state index in [1.54, 1.807) is 4.68 Å². The predicted molar refractivity (Wildman–Crippen MR) is 63.3 cm³/mol. The number of nitrogens with two attached hydrogens (primary N) is 1. The summed E-state index contributed by atoms with van der Waals surface area (Å²) in [5.41, 5.74) is 6.45. The fraction of sp³-hybridized carbons (Fsp3) is 0.300. The van der Waals surface area contributed by atoms with Crippen molar-refractivity contribution in [3.05, 3.63) is 23.2 Å². The van der Waals surface area contributed by atoms with Crippen LogP contribution >= 0.6 is 11.6 Å². The molecular weight excluding hydrogens is 212 g/mol. The van der Waals surface area contributed by atoms with Crippen LogP contribution in [0.4, 0.5) is 5.82 Å². The summed E-state index contributed by atoms with van der Waals surface area (Å²) in [6.07, 6.45) is 0. The Morgan fingerprint density at radius 2 is 2.33 bits per heavy atom. The van der Waals surface area contributed by atoms with Crippen LogP contribution in [0.15, 0.2) is 18.2 Å². The first-order valence-electron chi connectivity index (χ1n) is 4.79. The van der Waals surface area contributed by atoms with Gasteiger partial charge in [0.25, 0.3) is 0 Å². The second kappa shape index (κ2) is 4.08. The second-order valence-corrected chi connectivity index (χ2v) is 3.73. The van der Waals surface area contributed by atoms with Gasteiger partial charge in [0.1, 0.15) is 0 Å². The Balaban J connectivity index is 2.54. The molecule has 0 spiro atoms. The minimum atomic E-state index is 0.572. The fourth-order valence-electron chi connectivity index (χ4n) is 1.59. The van der Waals surface area contributed by atoms with Crippen molar-refractivity contribution in [2.45, 2.75) is 0 Å². The molecule has 3 N–H and O–H groups in total. The molecule has 80 valence electrons. The molecule has 2 rings (SSSR count). The largest absolute Gasteiger partial charge is 0.367 e. The standard InChI is InChI=1S/C10H13ClN4/c1-15-8-4-2-3-7(11)9(8)10(14-15)13-6-5-12/h2-4H,5-6,12H2,1H3,(H,13,14). The first-order chi connectivity index (χ1) is 7.24. The summed E-state index contributed by atoms with van der Waals surface area (Å²) < 4.78 is 1.81. The molecule has 4 nitrogen and oxygen atoms in total. The molecule has 0 bridgehead atoms. The summed E-state index contributed by atoms with van der Waals surface area (Å²) in [6.45, 7) is 1.26. The van der Waals surface area contributed by atoms with Crippen LogP contribution in [-0.4, -0.2) is 22.9 Å². The molecule has 0 saturated carbocycles. The molecule has 5 heteroatoms. The quantitative estimate of drug-likeness (QED) is 0.833. The Kier molecular flexibility index (Phi) is 2.79. The molecule has 0 saturated heterocycles. The van der Waals surface area contributed by atoms with E-state index in [0.29, 0.717) is 18.1 Å². The van der Waals surface area contributed by atoms with Crippen LogP contribution in [0.2, 0.25) is 5.02 Å². The van der Waals surface area contributed by atoms with Crippen molar-refractivity contribution in [3.63, 3.8) is 0 Å². The molecule has 0 aliphatic heterocycles. The highest BCUT2D eigenvalue weighted by Crippen LogP contribution is 2.29. The molecular formula is C10H13ClN4. The number of anilines is 1. The first-order valence-corrected chi connectivity index (χ1v) is 5.17. The topological polar surface area (TPSA) is 55.9 Å². The average Bonchev–Trinajstić information content (AvgIpc) is 2.55. The summed E-state index contributed by atoms with van der Waals surface area (Å²) in [7, 11) is 1.90. The zero-order valence-corrected chi connectivity index (χ0v) is 9.25. The summed E-state index contributed by atoms with van der Waals surface area (Å²) >= 11 is 6.13. The SMILES string of the molecule is Cn1nc(NCCN)c2c(Cl)cccc21. The van der Waals surface area contributed by atoms with Crippen molar-refractivity contribution in [1.82, 2.24) is 9.78 Å². The smallest absolute Gasteiger partial charge is 0.157 e. The van der Waals surface area contributed by atoms with Crippen LogP contribution in [0, 0.1) is 0 Å². The van der Waals surface area contributed by atoms with Crippen LogP contribution in [0.1, 0.15) is 0 Å². The zero-order valence-electron chi connectivity index (χ0n) is 8.50. The lowest BCUT2D eigenvalue weighted by molar-refractivity contribution is 0.796. The van der Waals surface area contributed by atoms with Crippen LogP contribution in [0.3, 0.4) is 0 Å². The third-order valence-corrected chi connectivity index (χ3v) is 2.58. The lowest BCUT2D eigenvalue weighted by Gasteiger charge is -2.00. The van der Waals surface area contributed by atoms with E-state index in [4.69, 9.17) is 17.3 Å². The van der Waals surface area contributed by atoms with Crippen LogP contribution in [0.5, 0.6) is 0 Å². The predicted octanol–water partition coefficient (Wildman–Crippen LogP) is 1.60. The number of rotatable bonds is 3. The maximum absolute atomic E-state index is 6.13. The number of nitrogens with zero attached hydrogens (tertiary/aromatic N) is 2. The van der Waals surface area contributed by atoms with Gasteiger partial charge in [0, 0.05) is 20.1 Å². The van der Waals surface area contributed by atoms with Crippen LogP contribution < -0.4 is 11.1 Å². The number of halogens is 1. The van der Waals surface area contributed by atoms with Crippen molar-refractivity contribution in [1.29, 1.82) is 0 Å². The van der Waals surface area contributed by atoms with Crippen LogP contribution in [-0.2, 0) is 7.05 Å². The van der Waals surface area contributed by atoms with Gasteiger partial charge in [-0.15, -0.1) is 0 Å². The van der Waals surface area contributed by atoms with E-state index < -0.39 is 0 Å². The Morgan fingerprint density at radius 3 is 3.07 bits per heavy atom. The van der Waals surface area contributed by atoms with Gasteiger partial charge in [0.2, 0.25) is 0 Å². The molecule has 2 aromatic rings. The molecule has 0 unspecified atom stereocenters. The molecule has 0 aliphatic rings. The number of nitrogens with one attached hydrogen (secondary N) is 1. The number of aryl methyl sites for hydroxylation is 1. The number of fused-ring (bicyclic) bond motifs is 1. The van der Waals surface area contributed by atoms with Gasteiger partial charge in [-0.25, -0.2) is 0 Å². The van der Waals surface area contributed by atoms with E-state index >= 15 is 0 Å². The monoisotopic (exact) mass is 224 g/mol. The summed E-state index contributed by atoms with van der Waals surface area (Å²) in [5, 5.41) is 9.17. The Bertz CT molecular complexity index is 477. The highest BCUT2D eigenvalue weighted by Gasteiger charge is 2.10. The zero-order chi connectivity index (χ0) is 10.8. The van der Waals surface area contributed by atoms with Crippen molar-refractivity contribution in [2.75, 3.05) is 18.4 Å². The normalized spacial score (nSPS) is 10.9. The number of aromatic nitrogens is 2. The van der Waals surface area contributed by atoms with E-state index in [-0.39, 0.29) is 0 Å². The van der Waals surface area contributed by atoms with Gasteiger partial charge in [-0.3, -0.25) is 4.68 Å². The third kappa shape index (κ3) is 1.78. The minimum absolute atomic E-state index is 0.572. The molecule has 15 heavy (non-hydrogen) atoms. The molecule has 0 radical (unpaired) electrons. The maximum atomic E-state index is 6.13. The Hall–Kier alpha value is -1.26. The van der Waals surface area contributed by atoms with E-state index in [1.807, 2.05) is 25.2 Å². The number of hydrogen-bond acceptors (Lipinski definition) is 3. The van der Waals surface area contributed by atoms with Gasteiger partial charge in [-0.2, -0.15) is 5.10 Å². The van der Waals surface area contributed by atoms with Crippen molar-refractivity contribution >= 4 is 28.3 Å². The van der Waals surface area contributed by atoms with Gasteiger partial charge < -0.3 is 11.1 Å². The average molecular weight is 225 g/mol. The molecule has 1 heterocycles. The molecule has 0 fully saturated rings. The van der Waals surface area contributed by atoms with Gasteiger partial charge in [0.15, 0.2) is 5.82 Å². The van der Waals surface area contributed by atoms with Gasteiger partial charge in [-0.1, -0.05) is 17.7 Å². The summed E-state index contributed by atoms with van der Waals surface area (Å²) in [6, 6.07) is 5.76. The third-order valence-electron chi connectivity index (χ3n) is 2.26. The Morgan fingerprint density at radius 1 is 1.53 bits per heavy atom. The molecule has 0 aliphatic carbocycles. The first kappa shape index (κ1) is 10.3. The molecule has 1 aromatic heterocycles. The van der Waals surface area contributed by atoms with Crippen molar-refractivity contribution in [2.24, 2.45) is 12.8 Å². The highest BCUT2D eigenvalue weighted by atomic mass is 35.5. The van der Waals surface area contributed by atoms with Crippen LogP contribution in [0.25, 0.3) is 10.9 Å². The lowest BCUT2D eigenvalue weighted by Crippen LogP contribution is -2.13. The Labute approximate surface area is 93.0 Å². The van der Waals surface area contributed by atoms with Gasteiger partial charge >= 0.3 is 0 Å². The lowest BCUT2D eigenvalue weighted by atomic mass is 10.2. The molecule has 0 amide bonds. The summed E-state index contributed by atoms with van der Waals surface area (Å²) in [4.78, 5) is 0. The fourth-order valence-corrected chi connectivity index (χ4v) is 1.84. The summed E-state index contributed by atoms with van der Waals surface area (Å²) in [5.74, 6) is 0.795. The highest BCUT2D eigenvalue weighted by molar-refractivity contribution is 6.36. The number of benzene rings is 1. The van der Waals surface area contributed by atoms with Crippen molar-refractivity contribution in [3.8, 4) is 0 Å². The number of hydrogen-bond donors (Lipinski definition) is 2.